The van der Waals surface area contributed by atoms with E-state index in [0.717, 1.165) is 24.1 Å². The molecule has 1 saturated carbocycles. The van der Waals surface area contributed by atoms with Crippen LogP contribution >= 0.6 is 0 Å². The van der Waals surface area contributed by atoms with Crippen LogP contribution in [-0.4, -0.2) is 45.1 Å². The normalized spacial score (nSPS) is 20.7. The zero-order chi connectivity index (χ0) is 20.5. The standard InChI is InChI=1S/C19H22N6O4/c1-24(13-4-6-14(26)7-5-13)18-16(25(28)29)10-20-19(23-18)21-12-3-2-11-8-17(27)22-15(11)9-12/h2-3,9-10,13-14,26H,4-8H2,1H3,(H,22,27)(H,20,21,23). The molecule has 1 aliphatic carbocycles. The Morgan fingerprint density at radius 1 is 1.31 bits per heavy atom. The monoisotopic (exact) mass is 398 g/mol. The first-order valence-corrected chi connectivity index (χ1v) is 9.53. The van der Waals surface area contributed by atoms with Crippen molar-refractivity contribution in [2.45, 2.75) is 44.2 Å². The highest BCUT2D eigenvalue weighted by atomic mass is 16.6. The van der Waals surface area contributed by atoms with Gasteiger partial charge >= 0.3 is 5.69 Å². The molecule has 0 saturated heterocycles. The molecule has 1 fully saturated rings. The van der Waals surface area contributed by atoms with Crippen LogP contribution < -0.4 is 15.5 Å². The number of carbonyl (C=O) groups is 1. The summed E-state index contributed by atoms with van der Waals surface area (Å²) in [7, 11) is 1.78. The molecule has 0 bridgehead atoms. The molecule has 3 N–H and O–H groups in total. The number of hydrogen-bond donors (Lipinski definition) is 3. The van der Waals surface area contributed by atoms with Crippen molar-refractivity contribution in [1.29, 1.82) is 0 Å². The van der Waals surface area contributed by atoms with Gasteiger partial charge in [0, 0.05) is 24.5 Å². The maximum atomic E-state index is 11.5. The van der Waals surface area contributed by atoms with Gasteiger partial charge in [0.1, 0.15) is 6.20 Å². The van der Waals surface area contributed by atoms with E-state index in [4.69, 9.17) is 0 Å². The Kier molecular flexibility index (Phi) is 5.01. The number of rotatable bonds is 5. The third-order valence-corrected chi connectivity index (χ3v) is 5.49. The average Bonchev–Trinajstić information content (AvgIpc) is 3.07. The van der Waals surface area contributed by atoms with Gasteiger partial charge in [-0.3, -0.25) is 14.9 Å². The number of nitrogens with one attached hydrogen (secondary N) is 2. The van der Waals surface area contributed by atoms with Crippen LogP contribution in [0.1, 0.15) is 31.2 Å². The fraction of sp³-hybridized carbons (Fsp3) is 0.421. The number of benzene rings is 1. The summed E-state index contributed by atoms with van der Waals surface area (Å²) in [6.45, 7) is 0. The number of aromatic nitrogens is 2. The summed E-state index contributed by atoms with van der Waals surface area (Å²) in [5.41, 5.74) is 2.17. The summed E-state index contributed by atoms with van der Waals surface area (Å²) in [4.78, 5) is 32.8. The largest absolute Gasteiger partial charge is 0.393 e. The molecular formula is C19H22N6O4. The molecule has 2 aliphatic rings. The number of anilines is 4. The summed E-state index contributed by atoms with van der Waals surface area (Å²) in [5, 5.41) is 27.1. The van der Waals surface area contributed by atoms with Gasteiger partial charge < -0.3 is 20.6 Å². The number of hydrogen-bond acceptors (Lipinski definition) is 8. The van der Waals surface area contributed by atoms with Gasteiger partial charge in [-0.15, -0.1) is 0 Å². The van der Waals surface area contributed by atoms with Gasteiger partial charge in [-0.25, -0.2) is 4.98 Å². The number of nitro groups is 1. The van der Waals surface area contributed by atoms with Gasteiger partial charge in [0.2, 0.25) is 17.7 Å². The zero-order valence-electron chi connectivity index (χ0n) is 16.0. The number of fused-ring (bicyclic) bond motifs is 1. The van der Waals surface area contributed by atoms with Crippen molar-refractivity contribution in [3.8, 4) is 0 Å². The van der Waals surface area contributed by atoms with Gasteiger partial charge in [-0.1, -0.05) is 6.07 Å². The van der Waals surface area contributed by atoms with Crippen LogP contribution in [0.5, 0.6) is 0 Å². The van der Waals surface area contributed by atoms with Crippen molar-refractivity contribution >= 4 is 34.7 Å². The van der Waals surface area contributed by atoms with E-state index in [9.17, 15) is 20.0 Å². The topological polar surface area (TPSA) is 134 Å². The molecule has 2 aromatic rings. The van der Waals surface area contributed by atoms with Gasteiger partial charge in [0.25, 0.3) is 0 Å². The molecule has 0 unspecified atom stereocenters. The predicted molar refractivity (Wildman–Crippen MR) is 107 cm³/mol. The first kappa shape index (κ1) is 19.1. The highest BCUT2D eigenvalue weighted by Crippen LogP contribution is 2.32. The van der Waals surface area contributed by atoms with E-state index in [2.05, 4.69) is 20.6 Å². The van der Waals surface area contributed by atoms with E-state index in [0.29, 0.717) is 24.9 Å². The van der Waals surface area contributed by atoms with Crippen LogP contribution in [-0.2, 0) is 11.2 Å². The summed E-state index contributed by atoms with van der Waals surface area (Å²) in [5.74, 6) is 0.422. The smallest absolute Gasteiger partial charge is 0.329 e. The van der Waals surface area contributed by atoms with Crippen molar-refractivity contribution in [3.63, 3.8) is 0 Å². The second-order valence-corrected chi connectivity index (χ2v) is 7.45. The van der Waals surface area contributed by atoms with Gasteiger partial charge in [-0.2, -0.15) is 4.98 Å². The second kappa shape index (κ2) is 7.63. The third kappa shape index (κ3) is 3.97. The number of aliphatic hydroxyl groups is 1. The molecule has 0 radical (unpaired) electrons. The molecular weight excluding hydrogens is 376 g/mol. The molecule has 2 heterocycles. The lowest BCUT2D eigenvalue weighted by molar-refractivity contribution is -0.384. The molecule has 1 aromatic heterocycles. The Morgan fingerprint density at radius 3 is 2.79 bits per heavy atom. The van der Waals surface area contributed by atoms with E-state index in [1.165, 1.54) is 6.20 Å². The average molecular weight is 398 g/mol. The Labute approximate surface area is 167 Å². The van der Waals surface area contributed by atoms with Crippen LogP contribution in [0.3, 0.4) is 0 Å². The number of amides is 1. The zero-order valence-corrected chi connectivity index (χ0v) is 16.0. The minimum atomic E-state index is -0.488. The van der Waals surface area contributed by atoms with E-state index in [1.54, 1.807) is 18.0 Å². The molecule has 0 spiro atoms. The van der Waals surface area contributed by atoms with Crippen molar-refractivity contribution in [1.82, 2.24) is 9.97 Å². The lowest BCUT2D eigenvalue weighted by atomic mass is 9.92. The Morgan fingerprint density at radius 2 is 2.07 bits per heavy atom. The van der Waals surface area contributed by atoms with Crippen LogP contribution in [0, 0.1) is 10.1 Å². The molecule has 4 rings (SSSR count). The van der Waals surface area contributed by atoms with E-state index in [-0.39, 0.29) is 35.5 Å². The summed E-state index contributed by atoms with van der Waals surface area (Å²) < 4.78 is 0. The molecule has 10 heteroatoms. The molecule has 10 nitrogen and oxygen atoms in total. The van der Waals surface area contributed by atoms with Crippen LogP contribution in [0.15, 0.2) is 24.4 Å². The number of nitrogens with zero attached hydrogens (tertiary/aromatic N) is 4. The summed E-state index contributed by atoms with van der Waals surface area (Å²) >= 11 is 0. The molecule has 1 amide bonds. The van der Waals surface area contributed by atoms with E-state index >= 15 is 0 Å². The molecule has 0 atom stereocenters. The third-order valence-electron chi connectivity index (χ3n) is 5.49. The SMILES string of the molecule is CN(c1nc(Nc2ccc3c(c2)NC(=O)C3)ncc1[N+](=O)[O-])C1CCC(O)CC1. The van der Waals surface area contributed by atoms with Crippen LogP contribution in [0.2, 0.25) is 0 Å². The lowest BCUT2D eigenvalue weighted by Crippen LogP contribution is -2.37. The first-order chi connectivity index (χ1) is 13.9. The minimum Gasteiger partial charge on any atom is -0.393 e. The predicted octanol–water partition coefficient (Wildman–Crippen LogP) is 2.36. The Balaban J connectivity index is 1.59. The number of carbonyl (C=O) groups excluding carboxylic acids is 1. The maximum Gasteiger partial charge on any atom is 0.329 e. The van der Waals surface area contributed by atoms with Crippen LogP contribution in [0.4, 0.5) is 28.8 Å². The molecule has 1 aliphatic heterocycles. The summed E-state index contributed by atoms with van der Waals surface area (Å²) in [6.07, 6.45) is 4.07. The first-order valence-electron chi connectivity index (χ1n) is 9.53. The van der Waals surface area contributed by atoms with Crippen molar-refractivity contribution in [3.05, 3.63) is 40.1 Å². The quantitative estimate of drug-likeness (QED) is 0.516. The lowest BCUT2D eigenvalue weighted by Gasteiger charge is -2.33. The maximum absolute atomic E-state index is 11.5. The highest BCUT2D eigenvalue weighted by molar-refractivity contribution is 5.99. The summed E-state index contributed by atoms with van der Waals surface area (Å²) in [6, 6.07) is 5.52. The minimum absolute atomic E-state index is 0.0507. The van der Waals surface area contributed by atoms with Crippen molar-refractivity contribution < 1.29 is 14.8 Å². The second-order valence-electron chi connectivity index (χ2n) is 7.45. The van der Waals surface area contributed by atoms with Crippen LogP contribution in [0.25, 0.3) is 0 Å². The fourth-order valence-electron chi connectivity index (χ4n) is 3.85. The van der Waals surface area contributed by atoms with E-state index < -0.39 is 4.92 Å². The van der Waals surface area contributed by atoms with E-state index in [1.807, 2.05) is 12.1 Å². The highest BCUT2D eigenvalue weighted by Gasteiger charge is 2.29. The number of aliphatic hydroxyl groups excluding tert-OH is 1. The Bertz CT molecular complexity index is 958. The van der Waals surface area contributed by atoms with Gasteiger partial charge in [0.05, 0.1) is 17.4 Å². The molecule has 152 valence electrons. The van der Waals surface area contributed by atoms with Gasteiger partial charge in [0.15, 0.2) is 0 Å². The van der Waals surface area contributed by atoms with Crippen molar-refractivity contribution in [2.75, 3.05) is 22.6 Å². The molecule has 1 aromatic carbocycles. The fourth-order valence-corrected chi connectivity index (χ4v) is 3.85. The van der Waals surface area contributed by atoms with Gasteiger partial charge in [-0.05, 0) is 43.4 Å². The Hall–Kier alpha value is -3.27. The van der Waals surface area contributed by atoms with Crippen molar-refractivity contribution in [2.24, 2.45) is 0 Å². The molecule has 29 heavy (non-hydrogen) atoms.